The number of hydrogen-bond acceptors (Lipinski definition) is 4. The van der Waals surface area contributed by atoms with Crippen molar-refractivity contribution in [3.8, 4) is 0 Å². The molecule has 8 heteroatoms. The van der Waals surface area contributed by atoms with Gasteiger partial charge in [-0.2, -0.15) is 0 Å². The Balaban J connectivity index is 1.63. The summed E-state index contributed by atoms with van der Waals surface area (Å²) in [5.74, 6) is -2.64. The van der Waals surface area contributed by atoms with E-state index in [4.69, 9.17) is 16.0 Å². The van der Waals surface area contributed by atoms with E-state index in [1.807, 2.05) is 0 Å². The van der Waals surface area contributed by atoms with Crippen LogP contribution >= 0.6 is 11.6 Å². The van der Waals surface area contributed by atoms with Crippen LogP contribution in [0.15, 0.2) is 53.1 Å². The number of rotatable bonds is 3. The van der Waals surface area contributed by atoms with Gasteiger partial charge < -0.3 is 9.73 Å². The molecule has 0 saturated heterocycles. The summed E-state index contributed by atoms with van der Waals surface area (Å²) in [5.41, 5.74) is 0.713. The Morgan fingerprint density at radius 2 is 1.93 bits per heavy atom. The predicted molar refractivity (Wildman–Crippen MR) is 100 cm³/mol. The van der Waals surface area contributed by atoms with Crippen LogP contribution < -0.4 is 10.2 Å². The van der Waals surface area contributed by atoms with E-state index < -0.39 is 23.5 Å². The molecule has 0 aliphatic carbocycles. The van der Waals surface area contributed by atoms with Gasteiger partial charge in [-0.1, -0.05) is 17.7 Å². The molecule has 1 aliphatic heterocycles. The lowest BCUT2D eigenvalue weighted by Crippen LogP contribution is -2.30. The minimum atomic E-state index is -0.848. The average molecular weight is 399 g/mol. The number of nitrogens with zero attached hydrogens (tertiary/aromatic N) is 1. The third kappa shape index (κ3) is 2.76. The largest absolute Gasteiger partial charge is 0.459 e. The number of aryl methyl sites for hydroxylation is 1. The van der Waals surface area contributed by atoms with E-state index >= 15 is 0 Å². The normalized spacial score (nSPS) is 13.0. The molecule has 6 nitrogen and oxygen atoms in total. The molecule has 0 bridgehead atoms. The quantitative estimate of drug-likeness (QED) is 0.662. The van der Waals surface area contributed by atoms with Crippen molar-refractivity contribution in [1.29, 1.82) is 0 Å². The van der Waals surface area contributed by atoms with Gasteiger partial charge >= 0.3 is 0 Å². The second kappa shape index (κ2) is 6.61. The molecule has 2 aromatic carbocycles. The molecule has 0 radical (unpaired) electrons. The summed E-state index contributed by atoms with van der Waals surface area (Å²) in [6.45, 7) is 1.70. The van der Waals surface area contributed by atoms with Gasteiger partial charge in [-0.3, -0.25) is 14.4 Å². The molecule has 0 fully saturated rings. The van der Waals surface area contributed by atoms with Crippen molar-refractivity contribution in [2.24, 2.45) is 0 Å². The molecular weight excluding hydrogens is 387 g/mol. The number of fused-ring (bicyclic) bond motifs is 1. The molecule has 1 aliphatic rings. The summed E-state index contributed by atoms with van der Waals surface area (Å²) in [5, 5.41) is 2.63. The van der Waals surface area contributed by atoms with Crippen molar-refractivity contribution in [1.82, 2.24) is 0 Å². The van der Waals surface area contributed by atoms with Crippen molar-refractivity contribution in [3.05, 3.63) is 82.0 Å². The summed E-state index contributed by atoms with van der Waals surface area (Å²) in [6.07, 6.45) is 1.38. The van der Waals surface area contributed by atoms with Gasteiger partial charge in [-0.05, 0) is 43.3 Å². The van der Waals surface area contributed by atoms with Gasteiger partial charge in [0.05, 0.1) is 28.1 Å². The number of amides is 3. The second-order valence-corrected chi connectivity index (χ2v) is 6.57. The zero-order valence-corrected chi connectivity index (χ0v) is 15.2. The van der Waals surface area contributed by atoms with Crippen LogP contribution in [0.2, 0.25) is 5.02 Å². The van der Waals surface area contributed by atoms with Crippen molar-refractivity contribution >= 4 is 40.7 Å². The fourth-order valence-corrected chi connectivity index (χ4v) is 3.28. The Morgan fingerprint density at radius 3 is 2.57 bits per heavy atom. The number of hydrogen-bond donors (Lipinski definition) is 1. The fraction of sp³-hybridized carbons (Fsp3) is 0.0500. The van der Waals surface area contributed by atoms with Gasteiger partial charge in [0.15, 0.2) is 5.76 Å². The topological polar surface area (TPSA) is 79.6 Å². The van der Waals surface area contributed by atoms with Crippen molar-refractivity contribution in [2.45, 2.75) is 6.92 Å². The highest BCUT2D eigenvalue weighted by atomic mass is 35.5. The van der Waals surface area contributed by atoms with Crippen LogP contribution in [-0.4, -0.2) is 17.7 Å². The van der Waals surface area contributed by atoms with Crippen LogP contribution in [-0.2, 0) is 0 Å². The lowest BCUT2D eigenvalue weighted by Gasteiger charge is -2.15. The monoisotopic (exact) mass is 398 g/mol. The molecule has 28 heavy (non-hydrogen) atoms. The first-order valence-corrected chi connectivity index (χ1v) is 8.58. The summed E-state index contributed by atoms with van der Waals surface area (Å²) in [4.78, 5) is 38.1. The third-order valence-electron chi connectivity index (χ3n) is 4.38. The van der Waals surface area contributed by atoms with E-state index in [0.717, 1.165) is 11.0 Å². The smallest absolute Gasteiger partial charge is 0.291 e. The maximum Gasteiger partial charge on any atom is 0.291 e. The van der Waals surface area contributed by atoms with Crippen molar-refractivity contribution in [3.63, 3.8) is 0 Å². The number of anilines is 2. The molecule has 3 amide bonds. The molecular formula is C20H12ClFN2O4. The molecule has 2 heterocycles. The van der Waals surface area contributed by atoms with Crippen molar-refractivity contribution in [2.75, 3.05) is 10.2 Å². The number of carbonyl (C=O) groups excluding carboxylic acids is 3. The standard InChI is InChI=1S/C20H12ClFN2O4/c1-10-7-8-28-17(10)18(25)23-11-5-6-15(14(22)9-11)24-19(26)12-3-2-4-13(21)16(12)20(24)27/h2-9H,1H3,(H,23,25). The zero-order chi connectivity index (χ0) is 20.0. The Kier molecular flexibility index (Phi) is 4.24. The highest BCUT2D eigenvalue weighted by molar-refractivity contribution is 6.42. The van der Waals surface area contributed by atoms with Crippen LogP contribution in [0, 0.1) is 12.7 Å². The first kappa shape index (κ1) is 17.9. The maximum absolute atomic E-state index is 14.7. The van der Waals surface area contributed by atoms with Crippen LogP contribution in [0.25, 0.3) is 0 Å². The van der Waals surface area contributed by atoms with E-state index in [2.05, 4.69) is 5.32 Å². The first-order chi connectivity index (χ1) is 13.4. The Hall–Kier alpha value is -3.45. The van der Waals surface area contributed by atoms with Crippen LogP contribution in [0.3, 0.4) is 0 Å². The third-order valence-corrected chi connectivity index (χ3v) is 4.69. The lowest BCUT2D eigenvalue weighted by molar-refractivity contribution is 0.0923. The van der Waals surface area contributed by atoms with Gasteiger partial charge in [-0.15, -0.1) is 0 Å². The maximum atomic E-state index is 14.7. The Morgan fingerprint density at radius 1 is 1.14 bits per heavy atom. The molecule has 3 aromatic rings. The number of halogens is 2. The molecule has 140 valence electrons. The number of nitrogens with one attached hydrogen (secondary N) is 1. The summed E-state index contributed by atoms with van der Waals surface area (Å²) in [6, 6.07) is 9.78. The molecule has 4 rings (SSSR count). The summed E-state index contributed by atoms with van der Waals surface area (Å²) < 4.78 is 19.8. The van der Waals surface area contributed by atoms with E-state index in [1.165, 1.54) is 30.5 Å². The minimum Gasteiger partial charge on any atom is -0.459 e. The number of benzene rings is 2. The van der Waals surface area contributed by atoms with E-state index in [0.29, 0.717) is 5.56 Å². The van der Waals surface area contributed by atoms with Gasteiger partial charge in [0.1, 0.15) is 5.82 Å². The molecule has 0 unspecified atom stereocenters. The zero-order valence-electron chi connectivity index (χ0n) is 14.5. The van der Waals surface area contributed by atoms with Crippen LogP contribution in [0.5, 0.6) is 0 Å². The highest BCUT2D eigenvalue weighted by Crippen LogP contribution is 2.34. The average Bonchev–Trinajstić information content (AvgIpc) is 3.18. The van der Waals surface area contributed by atoms with Crippen LogP contribution in [0.1, 0.15) is 36.8 Å². The minimum absolute atomic E-state index is 0.0410. The molecule has 0 saturated carbocycles. The van der Waals surface area contributed by atoms with Gasteiger partial charge in [0.25, 0.3) is 17.7 Å². The van der Waals surface area contributed by atoms with E-state index in [9.17, 15) is 18.8 Å². The van der Waals surface area contributed by atoms with Gasteiger partial charge in [0.2, 0.25) is 0 Å². The number of furan rings is 1. The Bertz CT molecular complexity index is 1150. The predicted octanol–water partition coefficient (Wildman–Crippen LogP) is 4.43. The van der Waals surface area contributed by atoms with Gasteiger partial charge in [-0.25, -0.2) is 9.29 Å². The van der Waals surface area contributed by atoms with Gasteiger partial charge in [0, 0.05) is 11.3 Å². The van der Waals surface area contributed by atoms with Crippen LogP contribution in [0.4, 0.5) is 15.8 Å². The molecule has 0 spiro atoms. The summed E-state index contributed by atoms with van der Waals surface area (Å²) in [7, 11) is 0. The first-order valence-electron chi connectivity index (χ1n) is 8.21. The second-order valence-electron chi connectivity index (χ2n) is 6.16. The molecule has 0 atom stereocenters. The number of imide groups is 1. The fourth-order valence-electron chi connectivity index (χ4n) is 3.02. The van der Waals surface area contributed by atoms with Crippen molar-refractivity contribution < 1.29 is 23.2 Å². The molecule has 1 aromatic heterocycles. The Labute approximate surface area is 163 Å². The number of carbonyl (C=O) groups is 3. The lowest BCUT2D eigenvalue weighted by atomic mass is 10.1. The SMILES string of the molecule is Cc1ccoc1C(=O)Nc1ccc(N2C(=O)c3cccc(Cl)c3C2=O)c(F)c1. The van der Waals surface area contributed by atoms with E-state index in [-0.39, 0.29) is 33.3 Å². The highest BCUT2D eigenvalue weighted by Gasteiger charge is 2.39. The summed E-state index contributed by atoms with van der Waals surface area (Å²) >= 11 is 6.02. The molecule has 1 N–H and O–H groups in total. The van der Waals surface area contributed by atoms with E-state index in [1.54, 1.807) is 19.1 Å².